The molecule has 2 aromatic heterocycles. The highest BCUT2D eigenvalue weighted by Crippen LogP contribution is 2.47. The first-order valence-corrected chi connectivity index (χ1v) is 12.2. The zero-order valence-corrected chi connectivity index (χ0v) is 20.4. The van der Waals surface area contributed by atoms with Gasteiger partial charge in [-0.05, 0) is 30.4 Å². The van der Waals surface area contributed by atoms with E-state index in [1.807, 2.05) is 6.07 Å². The summed E-state index contributed by atoms with van der Waals surface area (Å²) in [7, 11) is 0. The number of aliphatic hydroxyl groups is 1. The maximum Gasteiger partial charge on any atom is 0.343 e. The molecule has 0 saturated carbocycles. The van der Waals surface area contributed by atoms with Crippen molar-refractivity contribution in [2.24, 2.45) is 0 Å². The lowest BCUT2D eigenvalue weighted by Gasteiger charge is -2.31. The third kappa shape index (κ3) is 2.86. The first-order valence-electron chi connectivity index (χ1n) is 12.2. The van der Waals surface area contributed by atoms with Gasteiger partial charge in [-0.1, -0.05) is 27.7 Å². The van der Waals surface area contributed by atoms with Gasteiger partial charge in [-0.25, -0.2) is 9.78 Å². The van der Waals surface area contributed by atoms with Crippen LogP contribution in [0.5, 0.6) is 11.5 Å². The highest BCUT2D eigenvalue weighted by atomic mass is 16.6. The number of nitrogens with zero attached hydrogens (tertiary/aromatic N) is 2. The number of aromatic nitrogens is 2. The molecule has 35 heavy (non-hydrogen) atoms. The van der Waals surface area contributed by atoms with E-state index in [0.717, 1.165) is 39.8 Å². The topological polar surface area (TPSA) is 99.9 Å². The molecular weight excluding hydrogens is 448 g/mol. The first kappa shape index (κ1) is 22.1. The zero-order valence-electron chi connectivity index (χ0n) is 20.4. The molecule has 6 rings (SSSR count). The van der Waals surface area contributed by atoms with Gasteiger partial charge >= 0.3 is 5.97 Å². The van der Waals surface area contributed by atoms with Gasteiger partial charge in [-0.15, -0.1) is 0 Å². The van der Waals surface area contributed by atoms with Crippen molar-refractivity contribution in [1.82, 2.24) is 9.55 Å². The number of ether oxygens (including phenoxy) is 3. The Kier molecular flexibility index (Phi) is 4.77. The van der Waals surface area contributed by atoms with Crippen molar-refractivity contribution in [3.8, 4) is 22.9 Å². The average Bonchev–Trinajstić information content (AvgIpc) is 3.22. The SMILES string of the molecule is CCc1c2c(nc3cc4c(c(C(C)C)c13)OCCO4)-c1cc3c(c(=O)n1C2)COC(=O)[C@]3(O)CC. The fourth-order valence-electron chi connectivity index (χ4n) is 5.82. The summed E-state index contributed by atoms with van der Waals surface area (Å²) in [6.07, 6.45) is 0.866. The van der Waals surface area contributed by atoms with Gasteiger partial charge in [0.1, 0.15) is 19.8 Å². The second kappa shape index (κ2) is 7.55. The molecule has 0 radical (unpaired) electrons. The Bertz CT molecular complexity index is 1490. The average molecular weight is 477 g/mol. The zero-order chi connectivity index (χ0) is 24.6. The van der Waals surface area contributed by atoms with Crippen LogP contribution in [0.1, 0.15) is 67.9 Å². The molecule has 0 bridgehead atoms. The van der Waals surface area contributed by atoms with E-state index in [4.69, 9.17) is 19.2 Å². The Hall–Kier alpha value is -3.39. The molecule has 0 unspecified atom stereocenters. The van der Waals surface area contributed by atoms with E-state index in [1.54, 1.807) is 17.6 Å². The Labute approximate surface area is 202 Å². The summed E-state index contributed by atoms with van der Waals surface area (Å²) in [5, 5.41) is 12.2. The number of rotatable bonds is 3. The molecule has 3 aliphatic rings. The van der Waals surface area contributed by atoms with Gasteiger partial charge in [-0.3, -0.25) is 4.79 Å². The number of esters is 1. The van der Waals surface area contributed by atoms with Gasteiger partial charge in [0, 0.05) is 28.1 Å². The maximum absolute atomic E-state index is 13.6. The summed E-state index contributed by atoms with van der Waals surface area (Å²) in [5.74, 6) is 0.926. The molecule has 1 atom stereocenters. The summed E-state index contributed by atoms with van der Waals surface area (Å²) in [6.45, 7) is 9.31. The van der Waals surface area contributed by atoms with Crippen molar-refractivity contribution in [3.05, 3.63) is 50.3 Å². The second-order valence-corrected chi connectivity index (χ2v) is 9.74. The number of pyridine rings is 2. The fraction of sp³-hybridized carbons (Fsp3) is 0.444. The summed E-state index contributed by atoms with van der Waals surface area (Å²) in [6, 6.07) is 3.68. The minimum atomic E-state index is -1.84. The molecule has 1 aromatic carbocycles. The molecule has 3 aliphatic heterocycles. The number of benzene rings is 1. The minimum absolute atomic E-state index is 0.112. The molecular formula is C27H28N2O6. The van der Waals surface area contributed by atoms with Crippen molar-refractivity contribution in [3.63, 3.8) is 0 Å². The second-order valence-electron chi connectivity index (χ2n) is 9.74. The molecule has 0 saturated heterocycles. The molecule has 0 aliphatic carbocycles. The van der Waals surface area contributed by atoms with Crippen molar-refractivity contribution in [2.45, 2.75) is 65.2 Å². The van der Waals surface area contributed by atoms with Crippen molar-refractivity contribution >= 4 is 16.9 Å². The van der Waals surface area contributed by atoms with E-state index in [-0.39, 0.29) is 24.5 Å². The van der Waals surface area contributed by atoms with Crippen molar-refractivity contribution in [1.29, 1.82) is 0 Å². The molecule has 3 aromatic rings. The van der Waals surface area contributed by atoms with Crippen LogP contribution in [0, 0.1) is 0 Å². The Balaban J connectivity index is 1.68. The van der Waals surface area contributed by atoms with Gasteiger partial charge in [0.15, 0.2) is 17.1 Å². The van der Waals surface area contributed by atoms with E-state index in [2.05, 4.69) is 20.8 Å². The van der Waals surface area contributed by atoms with Crippen LogP contribution in [0.3, 0.4) is 0 Å². The molecule has 8 heteroatoms. The normalized spacial score (nSPS) is 20.0. The van der Waals surface area contributed by atoms with Gasteiger partial charge in [0.25, 0.3) is 5.56 Å². The Morgan fingerprint density at radius 2 is 1.89 bits per heavy atom. The van der Waals surface area contributed by atoms with Crippen LogP contribution in [-0.4, -0.2) is 33.8 Å². The maximum atomic E-state index is 13.6. The predicted molar refractivity (Wildman–Crippen MR) is 129 cm³/mol. The molecule has 0 amide bonds. The summed E-state index contributed by atoms with van der Waals surface area (Å²) in [5.41, 5.74) is 3.86. The van der Waals surface area contributed by atoms with Crippen LogP contribution in [0.25, 0.3) is 22.3 Å². The molecule has 1 N–H and O–H groups in total. The van der Waals surface area contributed by atoms with Gasteiger partial charge in [-0.2, -0.15) is 0 Å². The molecule has 0 spiro atoms. The lowest BCUT2D eigenvalue weighted by Crippen LogP contribution is -2.44. The van der Waals surface area contributed by atoms with Crippen LogP contribution in [-0.2, 0) is 34.7 Å². The summed E-state index contributed by atoms with van der Waals surface area (Å²) in [4.78, 5) is 31.1. The minimum Gasteiger partial charge on any atom is -0.486 e. The van der Waals surface area contributed by atoms with Crippen LogP contribution in [0.15, 0.2) is 16.9 Å². The fourth-order valence-corrected chi connectivity index (χ4v) is 5.82. The highest BCUT2D eigenvalue weighted by molar-refractivity contribution is 5.94. The number of carbonyl (C=O) groups excluding carboxylic acids is 1. The van der Waals surface area contributed by atoms with Gasteiger partial charge < -0.3 is 23.9 Å². The van der Waals surface area contributed by atoms with Crippen LogP contribution < -0.4 is 15.0 Å². The van der Waals surface area contributed by atoms with Gasteiger partial charge in [0.05, 0.1) is 29.0 Å². The number of aryl methyl sites for hydroxylation is 1. The monoisotopic (exact) mass is 476 g/mol. The van der Waals surface area contributed by atoms with Crippen LogP contribution >= 0.6 is 0 Å². The van der Waals surface area contributed by atoms with Crippen LogP contribution in [0.4, 0.5) is 0 Å². The predicted octanol–water partition coefficient (Wildman–Crippen LogP) is 3.54. The van der Waals surface area contributed by atoms with Crippen molar-refractivity contribution < 1.29 is 24.1 Å². The van der Waals surface area contributed by atoms with E-state index in [1.165, 1.54) is 0 Å². The molecule has 182 valence electrons. The van der Waals surface area contributed by atoms with E-state index in [9.17, 15) is 14.7 Å². The quantitative estimate of drug-likeness (QED) is 0.452. The number of cyclic esters (lactones) is 1. The third-order valence-corrected chi connectivity index (χ3v) is 7.57. The number of carbonyl (C=O) groups is 1. The van der Waals surface area contributed by atoms with E-state index in [0.29, 0.717) is 48.0 Å². The van der Waals surface area contributed by atoms with Crippen molar-refractivity contribution in [2.75, 3.05) is 13.2 Å². The summed E-state index contributed by atoms with van der Waals surface area (Å²) >= 11 is 0. The number of hydrogen-bond donors (Lipinski definition) is 1. The Morgan fingerprint density at radius 3 is 2.60 bits per heavy atom. The molecule has 0 fully saturated rings. The third-order valence-electron chi connectivity index (χ3n) is 7.57. The standard InChI is InChI=1S/C27H28N2O6/c1-5-14-15-11-29-19(9-17-16(25(29)30)12-35-26(31)27(17,32)6-2)23(15)28-18-10-20-24(34-8-7-33-20)21(13(3)4)22(14)18/h9-10,13,32H,5-8,11-12H2,1-4H3/t27-/m0/s1. The van der Waals surface area contributed by atoms with E-state index < -0.39 is 11.6 Å². The molecule has 8 nitrogen and oxygen atoms in total. The first-order chi connectivity index (χ1) is 16.8. The molecule has 5 heterocycles. The number of hydrogen-bond acceptors (Lipinski definition) is 7. The number of fused-ring (bicyclic) bond motifs is 6. The summed E-state index contributed by atoms with van der Waals surface area (Å²) < 4.78 is 18.9. The van der Waals surface area contributed by atoms with Gasteiger partial charge in [0.2, 0.25) is 0 Å². The van der Waals surface area contributed by atoms with E-state index >= 15 is 0 Å². The Morgan fingerprint density at radius 1 is 1.11 bits per heavy atom. The lowest BCUT2D eigenvalue weighted by atomic mass is 9.86. The highest BCUT2D eigenvalue weighted by Gasteiger charge is 2.45. The van der Waals surface area contributed by atoms with Crippen LogP contribution in [0.2, 0.25) is 0 Å². The largest absolute Gasteiger partial charge is 0.486 e. The smallest absolute Gasteiger partial charge is 0.343 e. The lowest BCUT2D eigenvalue weighted by molar-refractivity contribution is -0.172.